The molecule has 2 saturated heterocycles. The Kier molecular flexibility index (Phi) is 24.3. The summed E-state index contributed by atoms with van der Waals surface area (Å²) in [5.41, 5.74) is -0.0428. The Hall–Kier alpha value is -5.15. The van der Waals surface area contributed by atoms with Gasteiger partial charge in [-0.15, -0.1) is 0 Å². The summed E-state index contributed by atoms with van der Waals surface area (Å²) in [6.07, 6.45) is -4.43. The lowest BCUT2D eigenvalue weighted by Crippen LogP contribution is -2.65. The molecule has 13 N–H and O–H groups in total. The molecule has 24 heteroatoms. The van der Waals surface area contributed by atoms with Gasteiger partial charge in [0.15, 0.2) is 29.7 Å². The smallest absolute Gasteiger partial charge is 0.242 e. The van der Waals surface area contributed by atoms with Gasteiger partial charge in [-0.05, 0) is 108 Å². The summed E-state index contributed by atoms with van der Waals surface area (Å²) in [5, 5.41) is 90.7. The van der Waals surface area contributed by atoms with Crippen LogP contribution in [0.25, 0.3) is 0 Å². The first-order valence-electron chi connectivity index (χ1n) is 29.4. The first-order valence-corrected chi connectivity index (χ1v) is 30.2. The number of aliphatic hydroxyl groups is 6. The molecular weight excluding hydrogens is 1140 g/mol. The zero-order valence-corrected chi connectivity index (χ0v) is 51.0. The maximum Gasteiger partial charge on any atom is 0.242 e. The van der Waals surface area contributed by atoms with Crippen molar-refractivity contribution in [2.75, 3.05) is 33.3 Å². The third-order valence-corrected chi connectivity index (χ3v) is 16.7. The Morgan fingerprint density at radius 2 is 1.31 bits per heavy atom. The number of halogens is 2. The molecule has 9 rings (SSSR count). The molecule has 2 amide bonds. The molecule has 6 heterocycles. The fourth-order valence-corrected chi connectivity index (χ4v) is 11.5. The number of likely N-dealkylation sites (N-methyl/N-ethyl adjacent to an activating group) is 1. The average Bonchev–Trinajstić information content (AvgIpc) is 2.59. The predicted octanol–water partition coefficient (Wildman–Crippen LogP) is 5.25. The second kappa shape index (κ2) is 30.7. The van der Waals surface area contributed by atoms with Gasteiger partial charge in [-0.2, -0.15) is 0 Å². The van der Waals surface area contributed by atoms with Crippen LogP contribution in [0.1, 0.15) is 134 Å². The van der Waals surface area contributed by atoms with Crippen LogP contribution in [0.4, 0.5) is 0 Å². The van der Waals surface area contributed by atoms with Gasteiger partial charge >= 0.3 is 0 Å². The molecule has 85 heavy (non-hydrogen) atoms. The van der Waals surface area contributed by atoms with Crippen molar-refractivity contribution in [1.29, 1.82) is 0 Å². The molecule has 0 unspecified atom stereocenters. The molecule has 7 bridgehead atoms. The molecule has 0 aromatic heterocycles. The number of Topliss-reactive ketones (excluding diaryl/α,β-unsaturated/α-hetero) is 1. The highest BCUT2D eigenvalue weighted by molar-refractivity contribution is 6.32. The minimum Gasteiger partial charge on any atom is -0.454 e. The number of hydrogen-bond acceptors (Lipinski definition) is 20. The maximum absolute atomic E-state index is 14.5. The van der Waals surface area contributed by atoms with Crippen LogP contribution in [0.2, 0.25) is 10.0 Å². The minimum absolute atomic E-state index is 0.00460. The van der Waals surface area contributed by atoms with Crippen LogP contribution < -0.4 is 51.4 Å². The zero-order valence-electron chi connectivity index (χ0n) is 49.5. The predicted molar refractivity (Wildman–Crippen MR) is 319 cm³/mol. The molecule has 3 aromatic rings. The van der Waals surface area contributed by atoms with Crippen molar-refractivity contribution in [1.82, 2.24) is 37.2 Å². The summed E-state index contributed by atoms with van der Waals surface area (Å²) in [6.45, 7) is 19.6. The highest BCUT2D eigenvalue weighted by Gasteiger charge is 2.51. The number of ketones is 1. The van der Waals surface area contributed by atoms with Crippen LogP contribution in [0.3, 0.4) is 0 Å². The average molecular weight is 1230 g/mol. The summed E-state index contributed by atoms with van der Waals surface area (Å²) in [4.78, 5) is 41.5. The van der Waals surface area contributed by atoms with Gasteiger partial charge in [0.1, 0.15) is 54.0 Å². The number of hydrogen-bond donors (Lipinski definition) is 13. The van der Waals surface area contributed by atoms with Crippen molar-refractivity contribution in [2.24, 2.45) is 0 Å². The van der Waals surface area contributed by atoms with Crippen molar-refractivity contribution in [3.05, 3.63) is 99.8 Å². The molecule has 0 spiro atoms. The van der Waals surface area contributed by atoms with E-state index in [0.29, 0.717) is 18.7 Å². The van der Waals surface area contributed by atoms with E-state index in [4.69, 9.17) is 51.6 Å². The molecule has 3 aromatic carbocycles. The summed E-state index contributed by atoms with van der Waals surface area (Å²) < 4.78 is 39.3. The largest absolute Gasteiger partial charge is 0.454 e. The fraction of sp³-hybridized carbons (Fsp3) is 0.590. The van der Waals surface area contributed by atoms with E-state index in [1.54, 1.807) is 27.0 Å². The monoisotopic (exact) mass is 1230 g/mol. The maximum atomic E-state index is 14.5. The van der Waals surface area contributed by atoms with Gasteiger partial charge in [0.25, 0.3) is 0 Å². The van der Waals surface area contributed by atoms with Crippen LogP contribution >= 0.6 is 23.2 Å². The van der Waals surface area contributed by atoms with Crippen LogP contribution in [0.15, 0.2) is 73.1 Å². The molecular formula is C61H87Cl2N7O15. The first kappa shape index (κ1) is 67.4. The van der Waals surface area contributed by atoms with Gasteiger partial charge in [0, 0.05) is 36.4 Å². The zero-order chi connectivity index (χ0) is 61.9. The lowest BCUT2D eigenvalue weighted by Gasteiger charge is -2.48. The highest BCUT2D eigenvalue weighted by atomic mass is 35.5. The van der Waals surface area contributed by atoms with E-state index in [0.717, 1.165) is 19.4 Å². The van der Waals surface area contributed by atoms with Crippen molar-refractivity contribution in [3.63, 3.8) is 0 Å². The van der Waals surface area contributed by atoms with E-state index in [1.165, 1.54) is 94.8 Å². The summed E-state index contributed by atoms with van der Waals surface area (Å²) >= 11 is 14.0. The van der Waals surface area contributed by atoms with Crippen LogP contribution in [0.5, 0.6) is 28.7 Å². The number of benzene rings is 3. The van der Waals surface area contributed by atoms with Crippen molar-refractivity contribution < 1.29 is 73.4 Å². The Morgan fingerprint density at radius 1 is 0.729 bits per heavy atom. The number of carbonyl (C=O) groups excluding carboxylic acids is 3. The number of amides is 2. The van der Waals surface area contributed by atoms with Crippen molar-refractivity contribution in [2.45, 2.75) is 196 Å². The SMILES string of the molecule is C=C1N[C@H](C)C(=O)N[C@H](C(C)=O)[C@H](O)c2ccc(c(Cl)c2)Oc2cc3cc(c2O[C@@H]2O[C@H](CO)[C@@H](O)[C@H](O)[C@H]2O[C@H]2C[C@](C)(NCCNCCCCCCCCCC)[C@H](O)[C@H](C)O2)Oc2ccc(cc2Cl)[C@@H](O)[C@@H](NC)C(=C)N[C@@H](C)C(=O)N[C@@H]13. The quantitative estimate of drug-likeness (QED) is 0.0643. The molecule has 22 nitrogen and oxygen atoms in total. The van der Waals surface area contributed by atoms with Gasteiger partial charge in [-0.1, -0.05) is 100 Å². The minimum atomic E-state index is -1.81. The molecule has 16 atom stereocenters. The van der Waals surface area contributed by atoms with E-state index < -0.39 is 121 Å². The topological polar surface area (TPSA) is 312 Å². The second-order valence-electron chi connectivity index (χ2n) is 22.8. The Bertz CT molecular complexity index is 2800. The van der Waals surface area contributed by atoms with E-state index in [2.05, 4.69) is 57.3 Å². The standard InChI is InChI=1S/C61H87Cl2N7O15/c1-10-11-12-13-14-15-16-17-22-65-23-24-66-61(8)29-47(80-36(7)57(61)77)84-56-54(76)53(75)46(30-71)83-60(56)85-55-44-27-39-28-45(55)82-43-21-19-38(26-41(43)63)52(74)50(35(6)72)70-59(79)34(5)67-31(2)48(39)69-58(78)33(4)68-32(3)49(64-9)51(73)37-18-20-42(81-44)40(62)25-37/h18-21,25-28,33-34,36,46-54,56-57,60,64-68,71,73-77H,2-3,10-17,22-24,29-30H2,1,4-9H3,(H,69,78)(H,70,79)/t33-,34+,36-,46+,47-,48-,49-,50+,51+,52+,53+,54-,56+,57+,60-,61-/m0/s1. The van der Waals surface area contributed by atoms with Crippen molar-refractivity contribution >= 4 is 40.8 Å². The summed E-state index contributed by atoms with van der Waals surface area (Å²) in [6, 6.07) is 5.90. The first-order chi connectivity index (χ1) is 40.5. The van der Waals surface area contributed by atoms with E-state index >= 15 is 0 Å². The normalized spacial score (nSPS) is 31.1. The Labute approximate surface area is 507 Å². The number of fused-ring (bicyclic) bond motifs is 16. The van der Waals surface area contributed by atoms with Crippen molar-refractivity contribution in [3.8, 4) is 28.7 Å². The number of nitrogens with one attached hydrogen (secondary N) is 7. The Morgan fingerprint density at radius 3 is 1.88 bits per heavy atom. The third kappa shape index (κ3) is 16.7. The highest BCUT2D eigenvalue weighted by Crippen LogP contribution is 2.49. The molecule has 0 radical (unpaired) electrons. The number of ether oxygens (including phenoxy) is 6. The number of unbranched alkanes of at least 4 members (excludes halogenated alkanes) is 7. The van der Waals surface area contributed by atoms with Gasteiger partial charge in [0.05, 0.1) is 47.0 Å². The molecule has 6 aliphatic heterocycles. The van der Waals surface area contributed by atoms with E-state index in [-0.39, 0.29) is 67.7 Å². The van der Waals surface area contributed by atoms with Gasteiger partial charge in [-0.25, -0.2) is 0 Å². The van der Waals surface area contributed by atoms with Gasteiger partial charge in [0.2, 0.25) is 23.9 Å². The fourth-order valence-electron chi connectivity index (χ4n) is 11.1. The number of carbonyl (C=O) groups is 3. The number of aliphatic hydroxyl groups excluding tert-OH is 6. The number of rotatable bonds is 20. The molecule has 6 aliphatic rings. The second-order valence-corrected chi connectivity index (χ2v) is 23.6. The van der Waals surface area contributed by atoms with E-state index in [9.17, 15) is 45.0 Å². The lowest BCUT2D eigenvalue weighted by atomic mass is 9.85. The van der Waals surface area contributed by atoms with Crippen LogP contribution in [-0.2, 0) is 28.6 Å². The van der Waals surface area contributed by atoms with E-state index in [1.807, 2.05) is 6.92 Å². The van der Waals surface area contributed by atoms with Gasteiger partial charge < -0.3 is 96.3 Å². The summed E-state index contributed by atoms with van der Waals surface area (Å²) in [5.74, 6) is -2.66. The van der Waals surface area contributed by atoms with Crippen LogP contribution in [-0.4, -0.2) is 160 Å². The molecule has 470 valence electrons. The van der Waals surface area contributed by atoms with Crippen LogP contribution in [0, 0.1) is 0 Å². The Balaban J connectivity index is 1.31. The van der Waals surface area contributed by atoms with Gasteiger partial charge in [-0.3, -0.25) is 14.4 Å². The third-order valence-electron chi connectivity index (χ3n) is 16.1. The molecule has 2 fully saturated rings. The lowest BCUT2D eigenvalue weighted by molar-refractivity contribution is -0.334. The molecule has 0 aliphatic carbocycles. The summed E-state index contributed by atoms with van der Waals surface area (Å²) in [7, 11) is 1.61. The molecule has 0 saturated carbocycles.